The number of nitrogens with zero attached hydrogens (tertiary/aromatic N) is 4. The normalized spacial score (nSPS) is 24.0. The molecule has 1 aromatic rings. The fourth-order valence-electron chi connectivity index (χ4n) is 6.06. The molecule has 7 nitrogen and oxygen atoms in total. The van der Waals surface area contributed by atoms with Crippen LogP contribution >= 0.6 is 0 Å². The highest BCUT2D eigenvalue weighted by molar-refractivity contribution is 7.89. The lowest BCUT2D eigenvalue weighted by atomic mass is 9.94. The maximum Gasteiger partial charge on any atom is 0.253 e. The average molecular weight is 475 g/mol. The summed E-state index contributed by atoms with van der Waals surface area (Å²) in [5.74, 6) is -0.0378. The number of benzene rings is 1. The largest absolute Gasteiger partial charge is 0.370 e. The number of rotatable bonds is 5. The first-order valence-corrected chi connectivity index (χ1v) is 14.4. The topological polar surface area (TPSA) is 64.2 Å². The van der Waals surface area contributed by atoms with Crippen molar-refractivity contribution in [2.24, 2.45) is 0 Å². The average Bonchev–Trinajstić information content (AvgIpc) is 3.59. The predicted molar refractivity (Wildman–Crippen MR) is 130 cm³/mol. The van der Waals surface area contributed by atoms with Gasteiger partial charge in [-0.3, -0.25) is 9.69 Å². The molecular formula is C25H38N4O3S. The molecule has 182 valence electrons. The summed E-state index contributed by atoms with van der Waals surface area (Å²) in [6.07, 6.45) is 10.5. The SMILES string of the molecule is O=C(c1ccc(N2CCCC2)c(S(=O)(=O)N2CCCC2)c1)N1CCN(C2CCCCC2)CC1. The molecule has 1 amide bonds. The Hall–Kier alpha value is -1.64. The number of carbonyl (C=O) groups excluding carboxylic acids is 1. The minimum atomic E-state index is -3.60. The van der Waals surface area contributed by atoms with Gasteiger partial charge in [-0.25, -0.2) is 8.42 Å². The van der Waals surface area contributed by atoms with Crippen LogP contribution in [-0.4, -0.2) is 86.8 Å². The maximum atomic E-state index is 13.5. The van der Waals surface area contributed by atoms with E-state index < -0.39 is 10.0 Å². The van der Waals surface area contributed by atoms with Crippen LogP contribution in [-0.2, 0) is 10.0 Å². The van der Waals surface area contributed by atoms with Gasteiger partial charge in [0, 0.05) is 64.0 Å². The highest BCUT2D eigenvalue weighted by atomic mass is 32.2. The molecule has 0 bridgehead atoms. The summed E-state index contributed by atoms with van der Waals surface area (Å²) in [6.45, 7) is 6.17. The Morgan fingerprint density at radius 2 is 1.39 bits per heavy atom. The molecule has 8 heteroatoms. The van der Waals surface area contributed by atoms with E-state index in [1.165, 1.54) is 32.1 Å². The van der Waals surface area contributed by atoms with Gasteiger partial charge in [0.15, 0.2) is 0 Å². The van der Waals surface area contributed by atoms with E-state index in [0.717, 1.165) is 70.6 Å². The summed E-state index contributed by atoms with van der Waals surface area (Å²) in [4.78, 5) is 20.4. The first-order valence-electron chi connectivity index (χ1n) is 13.0. The van der Waals surface area contributed by atoms with Crippen molar-refractivity contribution in [1.29, 1.82) is 0 Å². The molecule has 4 aliphatic rings. The summed E-state index contributed by atoms with van der Waals surface area (Å²) in [6, 6.07) is 6.05. The van der Waals surface area contributed by atoms with E-state index >= 15 is 0 Å². The second kappa shape index (κ2) is 9.92. The Morgan fingerprint density at radius 3 is 2.06 bits per heavy atom. The molecule has 0 atom stereocenters. The van der Waals surface area contributed by atoms with Crippen LogP contribution in [0.4, 0.5) is 5.69 Å². The second-order valence-electron chi connectivity index (χ2n) is 10.1. The van der Waals surface area contributed by atoms with E-state index in [2.05, 4.69) is 9.80 Å². The summed E-state index contributed by atoms with van der Waals surface area (Å²) in [7, 11) is -3.60. The summed E-state index contributed by atoms with van der Waals surface area (Å²) < 4.78 is 28.7. The fourth-order valence-corrected chi connectivity index (χ4v) is 7.81. The number of carbonyl (C=O) groups is 1. The molecule has 3 aliphatic heterocycles. The zero-order valence-corrected chi connectivity index (χ0v) is 20.6. The Bertz CT molecular complexity index is 940. The Balaban J connectivity index is 1.35. The minimum absolute atomic E-state index is 0.0378. The lowest BCUT2D eigenvalue weighted by molar-refractivity contribution is 0.0523. The molecule has 1 aliphatic carbocycles. The van der Waals surface area contributed by atoms with Gasteiger partial charge >= 0.3 is 0 Å². The number of hydrogen-bond acceptors (Lipinski definition) is 5. The number of amides is 1. The van der Waals surface area contributed by atoms with Crippen LogP contribution in [0.25, 0.3) is 0 Å². The van der Waals surface area contributed by atoms with Gasteiger partial charge in [-0.15, -0.1) is 0 Å². The van der Waals surface area contributed by atoms with E-state index in [1.54, 1.807) is 10.4 Å². The second-order valence-corrected chi connectivity index (χ2v) is 12.0. The van der Waals surface area contributed by atoms with Crippen LogP contribution in [0.3, 0.4) is 0 Å². The monoisotopic (exact) mass is 474 g/mol. The standard InChI is InChI=1S/C25H38N4O3S/c30-25(28-18-16-26(17-19-28)22-8-2-1-3-9-22)21-10-11-23(27-12-4-5-13-27)24(20-21)33(31,32)29-14-6-7-15-29/h10-11,20,22H,1-9,12-19H2. The van der Waals surface area contributed by atoms with E-state index in [1.807, 2.05) is 17.0 Å². The third-order valence-electron chi connectivity index (χ3n) is 8.03. The van der Waals surface area contributed by atoms with Crippen LogP contribution in [0, 0.1) is 0 Å². The molecule has 0 unspecified atom stereocenters. The van der Waals surface area contributed by atoms with Crippen molar-refractivity contribution in [1.82, 2.24) is 14.1 Å². The van der Waals surface area contributed by atoms with Crippen LogP contribution in [0.2, 0.25) is 0 Å². The minimum Gasteiger partial charge on any atom is -0.370 e. The van der Waals surface area contributed by atoms with E-state index in [4.69, 9.17) is 0 Å². The van der Waals surface area contributed by atoms with Crippen LogP contribution in [0.1, 0.15) is 68.1 Å². The molecule has 0 radical (unpaired) electrons. The fraction of sp³-hybridized carbons (Fsp3) is 0.720. The maximum absolute atomic E-state index is 13.5. The lowest BCUT2D eigenvalue weighted by Gasteiger charge is -2.40. The van der Waals surface area contributed by atoms with Crippen molar-refractivity contribution in [3.8, 4) is 0 Å². The smallest absolute Gasteiger partial charge is 0.253 e. The predicted octanol–water partition coefficient (Wildman–Crippen LogP) is 3.16. The van der Waals surface area contributed by atoms with Crippen LogP contribution in [0.5, 0.6) is 0 Å². The molecule has 0 spiro atoms. The molecular weight excluding hydrogens is 436 g/mol. The van der Waals surface area contributed by atoms with E-state index in [0.29, 0.717) is 29.6 Å². The number of piperazine rings is 1. The van der Waals surface area contributed by atoms with Crippen molar-refractivity contribution in [3.63, 3.8) is 0 Å². The van der Waals surface area contributed by atoms with Crippen molar-refractivity contribution in [3.05, 3.63) is 23.8 Å². The number of anilines is 1. The molecule has 1 saturated carbocycles. The molecule has 0 N–H and O–H groups in total. The highest BCUT2D eigenvalue weighted by Gasteiger charge is 2.33. The zero-order chi connectivity index (χ0) is 22.8. The first-order chi connectivity index (χ1) is 16.0. The number of sulfonamides is 1. The van der Waals surface area contributed by atoms with Gasteiger partial charge in [0.1, 0.15) is 4.90 Å². The Kier molecular flexibility index (Phi) is 6.95. The van der Waals surface area contributed by atoms with Gasteiger partial charge < -0.3 is 9.80 Å². The van der Waals surface area contributed by atoms with Crippen LogP contribution in [0.15, 0.2) is 23.1 Å². The van der Waals surface area contributed by atoms with Gasteiger partial charge in [0.05, 0.1) is 5.69 Å². The van der Waals surface area contributed by atoms with Gasteiger partial charge in [-0.2, -0.15) is 4.31 Å². The van der Waals surface area contributed by atoms with Gasteiger partial charge in [-0.05, 0) is 56.7 Å². The van der Waals surface area contributed by atoms with Crippen molar-refractivity contribution < 1.29 is 13.2 Å². The van der Waals surface area contributed by atoms with E-state index in [-0.39, 0.29) is 5.91 Å². The molecule has 5 rings (SSSR count). The van der Waals surface area contributed by atoms with Crippen LogP contribution < -0.4 is 4.90 Å². The molecule has 1 aromatic carbocycles. The lowest BCUT2D eigenvalue weighted by Crippen LogP contribution is -2.52. The Morgan fingerprint density at radius 1 is 0.758 bits per heavy atom. The van der Waals surface area contributed by atoms with Gasteiger partial charge in [0.2, 0.25) is 10.0 Å². The van der Waals surface area contributed by atoms with Gasteiger partial charge in [0.25, 0.3) is 5.91 Å². The number of hydrogen-bond donors (Lipinski definition) is 0. The van der Waals surface area contributed by atoms with Crippen molar-refractivity contribution in [2.75, 3.05) is 57.3 Å². The molecule has 3 heterocycles. The highest BCUT2D eigenvalue weighted by Crippen LogP contribution is 2.33. The molecule has 4 fully saturated rings. The van der Waals surface area contributed by atoms with Crippen molar-refractivity contribution in [2.45, 2.75) is 68.7 Å². The van der Waals surface area contributed by atoms with Crippen molar-refractivity contribution >= 4 is 21.6 Å². The first kappa shape index (κ1) is 23.1. The molecule has 33 heavy (non-hydrogen) atoms. The zero-order valence-electron chi connectivity index (χ0n) is 19.8. The Labute approximate surface area is 198 Å². The third-order valence-corrected chi connectivity index (χ3v) is 9.96. The summed E-state index contributed by atoms with van der Waals surface area (Å²) >= 11 is 0. The summed E-state index contributed by atoms with van der Waals surface area (Å²) in [5, 5.41) is 0. The molecule has 0 aromatic heterocycles. The van der Waals surface area contributed by atoms with E-state index in [9.17, 15) is 13.2 Å². The van der Waals surface area contributed by atoms with Gasteiger partial charge in [-0.1, -0.05) is 19.3 Å². The quantitative estimate of drug-likeness (QED) is 0.656. The third kappa shape index (κ3) is 4.80. The molecule has 3 saturated heterocycles. The summed E-state index contributed by atoms with van der Waals surface area (Å²) in [5.41, 5.74) is 1.26.